The molecule has 118 valence electrons. The van der Waals surface area contributed by atoms with Gasteiger partial charge in [0.1, 0.15) is 0 Å². The molecule has 3 heteroatoms. The topological polar surface area (TPSA) is 15.3 Å². The Morgan fingerprint density at radius 3 is 2.57 bits per heavy atom. The molecule has 3 atom stereocenters. The van der Waals surface area contributed by atoms with Gasteiger partial charge in [0, 0.05) is 36.2 Å². The SMILES string of the molecule is CC(C)CNCC(c1ccccc1)N1CCSC(C)C1C. The van der Waals surface area contributed by atoms with Crippen molar-refractivity contribution in [3.63, 3.8) is 0 Å². The van der Waals surface area contributed by atoms with Gasteiger partial charge in [-0.15, -0.1) is 0 Å². The summed E-state index contributed by atoms with van der Waals surface area (Å²) in [6.07, 6.45) is 0. The van der Waals surface area contributed by atoms with Gasteiger partial charge in [-0.2, -0.15) is 11.8 Å². The van der Waals surface area contributed by atoms with E-state index in [1.807, 2.05) is 0 Å². The average Bonchev–Trinajstić information content (AvgIpc) is 2.48. The third kappa shape index (κ3) is 4.73. The average molecular weight is 307 g/mol. The molecule has 0 saturated carbocycles. The molecule has 1 aliphatic heterocycles. The molecule has 1 aromatic rings. The van der Waals surface area contributed by atoms with E-state index >= 15 is 0 Å². The summed E-state index contributed by atoms with van der Waals surface area (Å²) in [5.41, 5.74) is 1.44. The molecule has 1 N–H and O–H groups in total. The zero-order chi connectivity index (χ0) is 15.2. The normalized spacial score (nSPS) is 25.2. The number of benzene rings is 1. The first-order valence-electron chi connectivity index (χ1n) is 8.22. The predicted molar refractivity (Wildman–Crippen MR) is 95.0 cm³/mol. The fourth-order valence-electron chi connectivity index (χ4n) is 3.01. The first-order valence-corrected chi connectivity index (χ1v) is 9.27. The zero-order valence-electron chi connectivity index (χ0n) is 13.9. The van der Waals surface area contributed by atoms with Crippen molar-refractivity contribution in [2.45, 2.75) is 45.0 Å². The quantitative estimate of drug-likeness (QED) is 0.860. The van der Waals surface area contributed by atoms with Crippen LogP contribution in [0.3, 0.4) is 0 Å². The summed E-state index contributed by atoms with van der Waals surface area (Å²) in [6.45, 7) is 12.6. The summed E-state index contributed by atoms with van der Waals surface area (Å²) in [7, 11) is 0. The van der Waals surface area contributed by atoms with E-state index in [0.29, 0.717) is 18.0 Å². The van der Waals surface area contributed by atoms with Crippen LogP contribution in [0, 0.1) is 5.92 Å². The van der Waals surface area contributed by atoms with E-state index in [9.17, 15) is 0 Å². The number of thioether (sulfide) groups is 1. The highest BCUT2D eigenvalue weighted by molar-refractivity contribution is 8.00. The minimum atomic E-state index is 0.489. The molecule has 21 heavy (non-hydrogen) atoms. The third-order valence-corrected chi connectivity index (χ3v) is 5.75. The second-order valence-electron chi connectivity index (χ2n) is 6.53. The van der Waals surface area contributed by atoms with E-state index in [2.05, 4.69) is 80.0 Å². The van der Waals surface area contributed by atoms with Gasteiger partial charge in [-0.1, -0.05) is 51.1 Å². The molecule has 2 rings (SSSR count). The molecular weight excluding hydrogens is 276 g/mol. The van der Waals surface area contributed by atoms with Crippen molar-refractivity contribution in [1.29, 1.82) is 0 Å². The van der Waals surface area contributed by atoms with Crippen LogP contribution in [0.1, 0.15) is 39.3 Å². The predicted octanol–water partition coefficient (Wildman–Crippen LogP) is 3.80. The minimum Gasteiger partial charge on any atom is -0.315 e. The second-order valence-corrected chi connectivity index (χ2v) is 8.02. The molecule has 3 unspecified atom stereocenters. The van der Waals surface area contributed by atoms with Gasteiger partial charge in [-0.05, 0) is 24.9 Å². The van der Waals surface area contributed by atoms with Gasteiger partial charge in [0.25, 0.3) is 0 Å². The molecule has 0 amide bonds. The lowest BCUT2D eigenvalue weighted by molar-refractivity contribution is 0.143. The molecular formula is C18H30N2S. The van der Waals surface area contributed by atoms with Crippen LogP contribution in [-0.4, -0.2) is 41.6 Å². The lowest BCUT2D eigenvalue weighted by Crippen LogP contribution is -2.49. The fraction of sp³-hybridized carbons (Fsp3) is 0.667. The Balaban J connectivity index is 2.11. The molecule has 0 aliphatic carbocycles. The lowest BCUT2D eigenvalue weighted by atomic mass is 10.0. The van der Waals surface area contributed by atoms with Gasteiger partial charge < -0.3 is 5.32 Å². The number of nitrogens with zero attached hydrogens (tertiary/aromatic N) is 1. The smallest absolute Gasteiger partial charge is 0.0476 e. The number of hydrogen-bond acceptors (Lipinski definition) is 3. The highest BCUT2D eigenvalue weighted by Gasteiger charge is 2.31. The lowest BCUT2D eigenvalue weighted by Gasteiger charge is -2.43. The molecule has 1 aliphatic rings. The third-order valence-electron chi connectivity index (χ3n) is 4.41. The minimum absolute atomic E-state index is 0.489. The fourth-order valence-corrected chi connectivity index (χ4v) is 4.13. The Morgan fingerprint density at radius 1 is 1.19 bits per heavy atom. The molecule has 1 aromatic carbocycles. The largest absolute Gasteiger partial charge is 0.315 e. The number of nitrogens with one attached hydrogen (secondary N) is 1. The van der Waals surface area contributed by atoms with Crippen molar-refractivity contribution < 1.29 is 0 Å². The van der Waals surface area contributed by atoms with E-state index < -0.39 is 0 Å². The van der Waals surface area contributed by atoms with Crippen LogP contribution in [0.15, 0.2) is 30.3 Å². The van der Waals surface area contributed by atoms with Gasteiger partial charge in [0.15, 0.2) is 0 Å². The highest BCUT2D eigenvalue weighted by atomic mass is 32.2. The Hall–Kier alpha value is -0.510. The molecule has 1 saturated heterocycles. The van der Waals surface area contributed by atoms with Crippen LogP contribution in [0.5, 0.6) is 0 Å². The maximum absolute atomic E-state index is 3.67. The molecule has 0 aromatic heterocycles. The Kier molecular flexibility index (Phi) is 6.59. The maximum Gasteiger partial charge on any atom is 0.0476 e. The first kappa shape index (κ1) is 16.9. The molecule has 1 heterocycles. The van der Waals surface area contributed by atoms with E-state index in [1.165, 1.54) is 17.9 Å². The van der Waals surface area contributed by atoms with Gasteiger partial charge in [0.05, 0.1) is 0 Å². The van der Waals surface area contributed by atoms with E-state index in [-0.39, 0.29) is 0 Å². The molecule has 0 bridgehead atoms. The van der Waals surface area contributed by atoms with Crippen molar-refractivity contribution in [3.05, 3.63) is 35.9 Å². The van der Waals surface area contributed by atoms with Gasteiger partial charge in [-0.3, -0.25) is 4.90 Å². The van der Waals surface area contributed by atoms with Crippen LogP contribution in [0.2, 0.25) is 0 Å². The van der Waals surface area contributed by atoms with Crippen LogP contribution in [0.25, 0.3) is 0 Å². The summed E-state index contributed by atoms with van der Waals surface area (Å²) < 4.78 is 0. The summed E-state index contributed by atoms with van der Waals surface area (Å²) in [6, 6.07) is 12.1. The number of hydrogen-bond donors (Lipinski definition) is 1. The van der Waals surface area contributed by atoms with Crippen LogP contribution < -0.4 is 5.32 Å². The maximum atomic E-state index is 3.67. The number of rotatable bonds is 6. The summed E-state index contributed by atoms with van der Waals surface area (Å²) in [5.74, 6) is 1.95. The molecule has 2 nitrogen and oxygen atoms in total. The monoisotopic (exact) mass is 306 g/mol. The van der Waals surface area contributed by atoms with Crippen molar-refractivity contribution in [2.24, 2.45) is 5.92 Å². The molecule has 0 radical (unpaired) electrons. The van der Waals surface area contributed by atoms with Crippen molar-refractivity contribution >= 4 is 11.8 Å². The zero-order valence-corrected chi connectivity index (χ0v) is 14.7. The summed E-state index contributed by atoms with van der Waals surface area (Å²) in [5, 5.41) is 4.39. The summed E-state index contributed by atoms with van der Waals surface area (Å²) >= 11 is 2.11. The second kappa shape index (κ2) is 8.21. The standard InChI is InChI=1S/C18H30N2S/c1-14(2)12-19-13-18(17-8-6-5-7-9-17)20-10-11-21-16(4)15(20)3/h5-9,14-16,18-19H,10-13H2,1-4H3. The van der Waals surface area contributed by atoms with Gasteiger partial charge in [0.2, 0.25) is 0 Å². The van der Waals surface area contributed by atoms with Crippen molar-refractivity contribution in [2.75, 3.05) is 25.4 Å². The van der Waals surface area contributed by atoms with Crippen LogP contribution in [0.4, 0.5) is 0 Å². The Morgan fingerprint density at radius 2 is 1.90 bits per heavy atom. The Labute approximate surface area is 134 Å². The van der Waals surface area contributed by atoms with E-state index in [1.54, 1.807) is 0 Å². The first-order chi connectivity index (χ1) is 10.1. The van der Waals surface area contributed by atoms with E-state index in [4.69, 9.17) is 0 Å². The highest BCUT2D eigenvalue weighted by Crippen LogP contribution is 2.31. The Bertz CT molecular complexity index is 407. The molecule has 1 fully saturated rings. The van der Waals surface area contributed by atoms with Crippen molar-refractivity contribution in [3.8, 4) is 0 Å². The molecule has 0 spiro atoms. The van der Waals surface area contributed by atoms with Crippen LogP contribution in [-0.2, 0) is 0 Å². The van der Waals surface area contributed by atoms with Gasteiger partial charge >= 0.3 is 0 Å². The van der Waals surface area contributed by atoms with Gasteiger partial charge in [-0.25, -0.2) is 0 Å². The van der Waals surface area contributed by atoms with Crippen LogP contribution >= 0.6 is 11.8 Å². The summed E-state index contributed by atoms with van der Waals surface area (Å²) in [4.78, 5) is 2.70. The van der Waals surface area contributed by atoms with E-state index in [0.717, 1.165) is 18.3 Å². The van der Waals surface area contributed by atoms with Crippen molar-refractivity contribution in [1.82, 2.24) is 10.2 Å².